The Kier molecular flexibility index (Phi) is 8.49. The molecule has 27 heavy (non-hydrogen) atoms. The highest BCUT2D eigenvalue weighted by Crippen LogP contribution is 2.19. The molecule has 6 nitrogen and oxygen atoms in total. The molecular formula is C19H26FIN4O2. The highest BCUT2D eigenvalue weighted by molar-refractivity contribution is 14.0. The van der Waals surface area contributed by atoms with E-state index in [9.17, 15) is 4.39 Å². The van der Waals surface area contributed by atoms with E-state index < -0.39 is 0 Å². The number of aliphatic imine (C=N–C) groups is 1. The SMILES string of the molecule is CN=C(NCCc1coc(-c2ccc(F)cc2)n1)N(C)CC1CCOC1.I. The minimum absolute atomic E-state index is 0. The van der Waals surface area contributed by atoms with Crippen LogP contribution in [0.5, 0.6) is 0 Å². The first-order valence-electron chi connectivity index (χ1n) is 8.85. The van der Waals surface area contributed by atoms with E-state index in [1.165, 1.54) is 12.1 Å². The summed E-state index contributed by atoms with van der Waals surface area (Å²) < 4.78 is 23.9. The van der Waals surface area contributed by atoms with Gasteiger partial charge in [0.1, 0.15) is 12.1 Å². The quantitative estimate of drug-likeness (QED) is 0.385. The number of halogens is 2. The molecule has 2 aromatic rings. The van der Waals surface area contributed by atoms with Crippen molar-refractivity contribution in [2.45, 2.75) is 12.8 Å². The summed E-state index contributed by atoms with van der Waals surface area (Å²) in [6, 6.07) is 6.12. The summed E-state index contributed by atoms with van der Waals surface area (Å²) in [4.78, 5) is 10.9. The average molecular weight is 488 g/mol. The smallest absolute Gasteiger partial charge is 0.226 e. The fraction of sp³-hybridized carbons (Fsp3) is 0.474. The number of guanidine groups is 1. The largest absolute Gasteiger partial charge is 0.444 e. The summed E-state index contributed by atoms with van der Waals surface area (Å²) in [7, 11) is 3.82. The van der Waals surface area contributed by atoms with Crippen LogP contribution in [0.2, 0.25) is 0 Å². The Bertz CT molecular complexity index is 730. The van der Waals surface area contributed by atoms with Crippen molar-refractivity contribution in [2.75, 3.05) is 40.4 Å². The lowest BCUT2D eigenvalue weighted by atomic mass is 10.1. The summed E-state index contributed by atoms with van der Waals surface area (Å²) >= 11 is 0. The number of benzene rings is 1. The van der Waals surface area contributed by atoms with Gasteiger partial charge >= 0.3 is 0 Å². The first kappa shape index (κ1) is 21.6. The number of rotatable bonds is 6. The summed E-state index contributed by atoms with van der Waals surface area (Å²) in [5.41, 5.74) is 1.61. The Balaban J connectivity index is 0.00000261. The fourth-order valence-electron chi connectivity index (χ4n) is 3.04. The second-order valence-electron chi connectivity index (χ2n) is 6.49. The molecule has 1 aromatic heterocycles. The van der Waals surface area contributed by atoms with E-state index in [1.807, 2.05) is 7.05 Å². The van der Waals surface area contributed by atoms with Gasteiger partial charge in [0.05, 0.1) is 12.3 Å². The molecule has 0 saturated carbocycles. The van der Waals surface area contributed by atoms with Crippen LogP contribution in [0.3, 0.4) is 0 Å². The van der Waals surface area contributed by atoms with Crippen LogP contribution in [-0.2, 0) is 11.2 Å². The molecule has 0 aliphatic carbocycles. The molecule has 1 N–H and O–H groups in total. The lowest BCUT2D eigenvalue weighted by molar-refractivity contribution is 0.181. The van der Waals surface area contributed by atoms with Gasteiger partial charge in [0.25, 0.3) is 0 Å². The molecule has 1 aromatic carbocycles. The van der Waals surface area contributed by atoms with Crippen molar-refractivity contribution in [3.63, 3.8) is 0 Å². The van der Waals surface area contributed by atoms with Crippen molar-refractivity contribution >= 4 is 29.9 Å². The van der Waals surface area contributed by atoms with Crippen molar-refractivity contribution < 1.29 is 13.5 Å². The van der Waals surface area contributed by atoms with Gasteiger partial charge < -0.3 is 19.4 Å². The fourth-order valence-corrected chi connectivity index (χ4v) is 3.04. The molecule has 0 radical (unpaired) electrons. The van der Waals surface area contributed by atoms with Gasteiger partial charge in [-0.15, -0.1) is 24.0 Å². The van der Waals surface area contributed by atoms with E-state index in [0.717, 1.165) is 43.4 Å². The first-order chi connectivity index (χ1) is 12.7. The van der Waals surface area contributed by atoms with E-state index in [1.54, 1.807) is 25.4 Å². The molecule has 0 amide bonds. The molecule has 0 bridgehead atoms. The van der Waals surface area contributed by atoms with Crippen molar-refractivity contribution in [2.24, 2.45) is 10.9 Å². The van der Waals surface area contributed by atoms with Gasteiger partial charge in [-0.25, -0.2) is 9.37 Å². The van der Waals surface area contributed by atoms with E-state index in [-0.39, 0.29) is 29.8 Å². The topological polar surface area (TPSA) is 62.9 Å². The normalized spacial score (nSPS) is 16.9. The zero-order chi connectivity index (χ0) is 18.4. The Labute approximate surface area is 176 Å². The van der Waals surface area contributed by atoms with Crippen LogP contribution in [0.1, 0.15) is 12.1 Å². The monoisotopic (exact) mass is 488 g/mol. The third-order valence-corrected chi connectivity index (χ3v) is 4.44. The Morgan fingerprint density at radius 2 is 2.15 bits per heavy atom. The van der Waals surface area contributed by atoms with Crippen molar-refractivity contribution in [1.82, 2.24) is 15.2 Å². The minimum Gasteiger partial charge on any atom is -0.444 e. The maximum atomic E-state index is 13.0. The number of nitrogens with one attached hydrogen (secondary N) is 1. The number of hydrogen-bond donors (Lipinski definition) is 1. The van der Waals surface area contributed by atoms with Gasteiger partial charge in [0.15, 0.2) is 5.96 Å². The number of ether oxygens (including phenoxy) is 1. The van der Waals surface area contributed by atoms with E-state index >= 15 is 0 Å². The van der Waals surface area contributed by atoms with Crippen LogP contribution in [0.25, 0.3) is 11.5 Å². The van der Waals surface area contributed by atoms with Crippen LogP contribution in [0.4, 0.5) is 4.39 Å². The van der Waals surface area contributed by atoms with Crippen molar-refractivity contribution in [3.05, 3.63) is 42.0 Å². The van der Waals surface area contributed by atoms with Crippen LogP contribution >= 0.6 is 24.0 Å². The predicted octanol–water partition coefficient (Wildman–Crippen LogP) is 3.18. The zero-order valence-corrected chi connectivity index (χ0v) is 18.0. The van der Waals surface area contributed by atoms with Crippen molar-refractivity contribution in [3.8, 4) is 11.5 Å². The van der Waals surface area contributed by atoms with E-state index in [2.05, 4.69) is 20.2 Å². The number of nitrogens with zero attached hydrogens (tertiary/aromatic N) is 3. The summed E-state index contributed by atoms with van der Waals surface area (Å²) in [6.45, 7) is 3.31. The maximum absolute atomic E-state index is 13.0. The number of hydrogen-bond acceptors (Lipinski definition) is 4. The molecule has 1 saturated heterocycles. The number of aromatic nitrogens is 1. The van der Waals surface area contributed by atoms with E-state index in [0.29, 0.717) is 24.8 Å². The predicted molar refractivity (Wildman–Crippen MR) is 114 cm³/mol. The summed E-state index contributed by atoms with van der Waals surface area (Å²) in [6.07, 6.45) is 3.46. The Morgan fingerprint density at radius 1 is 1.37 bits per heavy atom. The third kappa shape index (κ3) is 6.17. The Hall–Kier alpha value is -1.68. The molecule has 3 rings (SSSR count). The average Bonchev–Trinajstić information content (AvgIpc) is 3.31. The highest BCUT2D eigenvalue weighted by atomic mass is 127. The highest BCUT2D eigenvalue weighted by Gasteiger charge is 2.19. The summed E-state index contributed by atoms with van der Waals surface area (Å²) in [5.74, 6) is 1.65. The maximum Gasteiger partial charge on any atom is 0.226 e. The molecule has 2 heterocycles. The standard InChI is InChI=1S/C19H25FN4O2.HI/c1-21-19(24(2)11-14-8-10-25-12-14)22-9-7-17-13-26-18(23-17)15-3-5-16(20)6-4-15;/h3-6,13-14H,7-12H2,1-2H3,(H,21,22);1H. The molecule has 8 heteroatoms. The third-order valence-electron chi connectivity index (χ3n) is 4.44. The first-order valence-corrected chi connectivity index (χ1v) is 8.85. The molecular weight excluding hydrogens is 462 g/mol. The van der Waals surface area contributed by atoms with Gasteiger partial charge in [0, 0.05) is 51.7 Å². The van der Waals surface area contributed by atoms with Crippen LogP contribution < -0.4 is 5.32 Å². The van der Waals surface area contributed by atoms with Gasteiger partial charge in [-0.1, -0.05) is 0 Å². The second-order valence-corrected chi connectivity index (χ2v) is 6.49. The molecule has 1 aliphatic rings. The zero-order valence-electron chi connectivity index (χ0n) is 15.7. The van der Waals surface area contributed by atoms with E-state index in [4.69, 9.17) is 9.15 Å². The van der Waals surface area contributed by atoms with Gasteiger partial charge in [-0.05, 0) is 30.7 Å². The Morgan fingerprint density at radius 3 is 2.81 bits per heavy atom. The molecule has 1 atom stereocenters. The summed E-state index contributed by atoms with van der Waals surface area (Å²) in [5, 5.41) is 3.35. The van der Waals surface area contributed by atoms with Gasteiger partial charge in [-0.3, -0.25) is 4.99 Å². The van der Waals surface area contributed by atoms with Gasteiger partial charge in [0.2, 0.25) is 5.89 Å². The molecule has 1 unspecified atom stereocenters. The van der Waals surface area contributed by atoms with Crippen molar-refractivity contribution in [1.29, 1.82) is 0 Å². The molecule has 1 fully saturated rings. The molecule has 148 valence electrons. The van der Waals surface area contributed by atoms with Crippen LogP contribution in [-0.4, -0.2) is 56.2 Å². The molecule has 0 spiro atoms. The molecule has 1 aliphatic heterocycles. The van der Waals surface area contributed by atoms with Crippen LogP contribution in [0.15, 0.2) is 39.9 Å². The lowest BCUT2D eigenvalue weighted by Crippen LogP contribution is -2.42. The minimum atomic E-state index is -0.274. The van der Waals surface area contributed by atoms with Crippen LogP contribution in [0, 0.1) is 11.7 Å². The number of oxazole rings is 1. The van der Waals surface area contributed by atoms with Gasteiger partial charge in [-0.2, -0.15) is 0 Å². The lowest BCUT2D eigenvalue weighted by Gasteiger charge is -2.24. The second kappa shape index (κ2) is 10.6.